The molecule has 11 heteroatoms. The van der Waals surface area contributed by atoms with Gasteiger partial charge in [0.25, 0.3) is 15.2 Å². The monoisotopic (exact) mass is 533 g/mol. The molecule has 1 aromatic heterocycles. The number of aliphatic hydroxyl groups excluding tert-OH is 1. The third-order valence-electron chi connectivity index (χ3n) is 7.65. The molecular formula is C25H39N5O4SSi. The zero-order chi connectivity index (χ0) is 25.5. The molecule has 1 atom stereocenters. The van der Waals surface area contributed by atoms with Crippen molar-refractivity contribution in [2.45, 2.75) is 82.5 Å². The van der Waals surface area contributed by atoms with Gasteiger partial charge in [0.15, 0.2) is 0 Å². The SMILES string of the molecule is C[Si](C)(C)CCOCn1nc(S(=O)(=O)N2CCC(CO)C2)nc1Nc1c2c(cc3c1CCC3)CCC2. The van der Waals surface area contributed by atoms with Gasteiger partial charge < -0.3 is 15.2 Å². The summed E-state index contributed by atoms with van der Waals surface area (Å²) >= 11 is 0. The molecule has 1 aliphatic heterocycles. The zero-order valence-electron chi connectivity index (χ0n) is 21.7. The van der Waals surface area contributed by atoms with E-state index in [1.54, 1.807) is 4.68 Å². The van der Waals surface area contributed by atoms with Crippen molar-refractivity contribution in [1.29, 1.82) is 0 Å². The minimum Gasteiger partial charge on any atom is -0.396 e. The maximum absolute atomic E-state index is 13.4. The summed E-state index contributed by atoms with van der Waals surface area (Å²) < 4.78 is 35.7. The maximum atomic E-state index is 13.4. The lowest BCUT2D eigenvalue weighted by molar-refractivity contribution is 0.0791. The van der Waals surface area contributed by atoms with E-state index in [2.05, 4.69) is 41.1 Å². The predicted molar refractivity (Wildman–Crippen MR) is 142 cm³/mol. The van der Waals surface area contributed by atoms with Crippen molar-refractivity contribution in [2.75, 3.05) is 31.6 Å². The first-order chi connectivity index (χ1) is 17.2. The molecule has 9 nitrogen and oxygen atoms in total. The second-order valence-electron chi connectivity index (χ2n) is 11.6. The van der Waals surface area contributed by atoms with Gasteiger partial charge in [-0.1, -0.05) is 25.7 Å². The van der Waals surface area contributed by atoms with E-state index < -0.39 is 18.1 Å². The minimum absolute atomic E-state index is 0.0180. The van der Waals surface area contributed by atoms with Crippen LogP contribution in [0.4, 0.5) is 11.6 Å². The summed E-state index contributed by atoms with van der Waals surface area (Å²) in [4.78, 5) is 4.53. The number of benzene rings is 1. The van der Waals surface area contributed by atoms with Crippen LogP contribution < -0.4 is 5.32 Å². The molecule has 2 aliphatic carbocycles. The van der Waals surface area contributed by atoms with Crippen LogP contribution in [0.5, 0.6) is 0 Å². The average molecular weight is 534 g/mol. The molecule has 1 unspecified atom stereocenters. The highest BCUT2D eigenvalue weighted by molar-refractivity contribution is 7.89. The van der Waals surface area contributed by atoms with E-state index in [9.17, 15) is 13.5 Å². The smallest absolute Gasteiger partial charge is 0.284 e. The number of aliphatic hydroxyl groups is 1. The topological polar surface area (TPSA) is 110 Å². The van der Waals surface area contributed by atoms with Gasteiger partial charge in [-0.25, -0.2) is 13.1 Å². The third kappa shape index (κ3) is 5.26. The fraction of sp³-hybridized carbons (Fsp3) is 0.680. The normalized spacial score (nSPS) is 20.2. The van der Waals surface area contributed by atoms with Crippen LogP contribution in [-0.2, 0) is 47.2 Å². The fourth-order valence-electron chi connectivity index (χ4n) is 5.50. The number of ether oxygens (including phenoxy) is 1. The zero-order valence-corrected chi connectivity index (χ0v) is 23.5. The molecule has 1 saturated heterocycles. The van der Waals surface area contributed by atoms with Crippen molar-refractivity contribution in [3.8, 4) is 0 Å². The maximum Gasteiger partial charge on any atom is 0.284 e. The fourth-order valence-corrected chi connectivity index (χ4v) is 7.65. The van der Waals surface area contributed by atoms with Crippen LogP contribution in [0.25, 0.3) is 0 Å². The standard InChI is InChI=1S/C25H39N5O4SSi/c1-36(2,3)13-12-34-17-30-24(27-25(28-30)35(32,33)29-11-10-18(15-29)16-31)26-23-21-8-4-6-19(21)14-20-7-5-9-22(20)23/h14,18,31H,4-13,15-17H2,1-3H3,(H,26,27,28). The number of aromatic nitrogens is 3. The molecule has 5 rings (SSSR count). The highest BCUT2D eigenvalue weighted by Crippen LogP contribution is 2.40. The van der Waals surface area contributed by atoms with Gasteiger partial charge in [0.2, 0.25) is 5.95 Å². The number of aryl methyl sites for hydroxylation is 2. The molecule has 0 spiro atoms. The molecule has 0 radical (unpaired) electrons. The van der Waals surface area contributed by atoms with Crippen LogP contribution in [0, 0.1) is 5.92 Å². The number of anilines is 2. The Bertz CT molecular complexity index is 1190. The van der Waals surface area contributed by atoms with E-state index in [4.69, 9.17) is 4.74 Å². The van der Waals surface area contributed by atoms with Gasteiger partial charge in [0.05, 0.1) is 0 Å². The van der Waals surface area contributed by atoms with Crippen molar-refractivity contribution in [1.82, 2.24) is 19.1 Å². The molecule has 198 valence electrons. The van der Waals surface area contributed by atoms with Crippen molar-refractivity contribution in [3.05, 3.63) is 28.3 Å². The largest absolute Gasteiger partial charge is 0.396 e. The van der Waals surface area contributed by atoms with Crippen LogP contribution in [0.2, 0.25) is 25.7 Å². The van der Waals surface area contributed by atoms with Gasteiger partial charge in [-0.3, -0.25) is 0 Å². The van der Waals surface area contributed by atoms with E-state index in [0.29, 0.717) is 32.1 Å². The van der Waals surface area contributed by atoms with Crippen LogP contribution >= 0.6 is 0 Å². The van der Waals surface area contributed by atoms with Gasteiger partial charge >= 0.3 is 0 Å². The van der Waals surface area contributed by atoms with Crippen molar-refractivity contribution in [3.63, 3.8) is 0 Å². The molecule has 2 heterocycles. The van der Waals surface area contributed by atoms with Gasteiger partial charge in [-0.2, -0.15) is 9.29 Å². The van der Waals surface area contributed by atoms with Gasteiger partial charge in [0.1, 0.15) is 6.73 Å². The molecule has 0 bridgehead atoms. The second-order valence-corrected chi connectivity index (χ2v) is 19.1. The first-order valence-electron chi connectivity index (χ1n) is 13.2. The summed E-state index contributed by atoms with van der Waals surface area (Å²) in [6.45, 7) is 8.31. The Kier molecular flexibility index (Phi) is 7.30. The summed E-state index contributed by atoms with van der Waals surface area (Å²) in [6.07, 6.45) is 7.14. The number of hydrogen-bond acceptors (Lipinski definition) is 7. The molecule has 2 aromatic rings. The lowest BCUT2D eigenvalue weighted by Crippen LogP contribution is -2.30. The van der Waals surface area contributed by atoms with Gasteiger partial charge in [-0.05, 0) is 79.2 Å². The Hall–Kier alpha value is -1.79. The highest BCUT2D eigenvalue weighted by atomic mass is 32.2. The van der Waals surface area contributed by atoms with Crippen LogP contribution in [0.3, 0.4) is 0 Å². The van der Waals surface area contributed by atoms with Gasteiger partial charge in [0, 0.05) is 40.1 Å². The van der Waals surface area contributed by atoms with E-state index in [-0.39, 0.29) is 24.4 Å². The van der Waals surface area contributed by atoms with Crippen LogP contribution in [-0.4, -0.2) is 67.0 Å². The molecule has 0 saturated carbocycles. The van der Waals surface area contributed by atoms with E-state index in [0.717, 1.165) is 50.3 Å². The van der Waals surface area contributed by atoms with Crippen molar-refractivity contribution < 1.29 is 18.3 Å². The highest BCUT2D eigenvalue weighted by Gasteiger charge is 2.36. The molecule has 1 fully saturated rings. The number of nitrogens with zero attached hydrogens (tertiary/aromatic N) is 4. The number of hydrogen-bond donors (Lipinski definition) is 2. The molecule has 2 N–H and O–H groups in total. The number of nitrogens with one attached hydrogen (secondary N) is 1. The summed E-state index contributed by atoms with van der Waals surface area (Å²) in [6, 6.07) is 3.40. The molecule has 3 aliphatic rings. The average Bonchev–Trinajstić information content (AvgIpc) is 3.62. The van der Waals surface area contributed by atoms with Crippen LogP contribution in [0.1, 0.15) is 41.5 Å². The molecule has 36 heavy (non-hydrogen) atoms. The summed E-state index contributed by atoms with van der Waals surface area (Å²) in [5.41, 5.74) is 6.56. The number of rotatable bonds is 10. The first kappa shape index (κ1) is 25.8. The summed E-state index contributed by atoms with van der Waals surface area (Å²) in [5.74, 6) is 0.368. The number of sulfonamides is 1. The molecular weight excluding hydrogens is 494 g/mol. The third-order valence-corrected chi connectivity index (χ3v) is 11.0. The Morgan fingerprint density at radius 1 is 1.14 bits per heavy atom. The molecule has 1 aromatic carbocycles. The van der Waals surface area contributed by atoms with Crippen molar-refractivity contribution in [2.24, 2.45) is 5.92 Å². The Morgan fingerprint density at radius 2 is 1.83 bits per heavy atom. The lowest BCUT2D eigenvalue weighted by Gasteiger charge is -2.18. The Morgan fingerprint density at radius 3 is 2.44 bits per heavy atom. The number of fused-ring (bicyclic) bond motifs is 2. The van der Waals surface area contributed by atoms with E-state index >= 15 is 0 Å². The van der Waals surface area contributed by atoms with Gasteiger partial charge in [-0.15, -0.1) is 5.10 Å². The summed E-state index contributed by atoms with van der Waals surface area (Å²) in [7, 11) is -5.12. The Balaban J connectivity index is 1.46. The summed E-state index contributed by atoms with van der Waals surface area (Å²) in [5, 5.41) is 17.2. The quantitative estimate of drug-likeness (QED) is 0.356. The minimum atomic E-state index is -3.86. The van der Waals surface area contributed by atoms with E-state index in [1.807, 2.05) is 0 Å². The predicted octanol–water partition coefficient (Wildman–Crippen LogP) is 3.31. The van der Waals surface area contributed by atoms with Crippen molar-refractivity contribution >= 4 is 29.7 Å². The van der Waals surface area contributed by atoms with Crippen LogP contribution in [0.15, 0.2) is 11.2 Å². The second kappa shape index (κ2) is 10.2. The van der Waals surface area contributed by atoms with E-state index in [1.165, 1.54) is 26.6 Å². The lowest BCUT2D eigenvalue weighted by atomic mass is 9.99. The molecule has 0 amide bonds. The first-order valence-corrected chi connectivity index (χ1v) is 18.4. The Labute approximate surface area is 215 Å².